The number of imidazole rings is 1. The van der Waals surface area contributed by atoms with Gasteiger partial charge >= 0.3 is 6.61 Å². The van der Waals surface area contributed by atoms with E-state index >= 15 is 8.78 Å². The van der Waals surface area contributed by atoms with Gasteiger partial charge in [0.1, 0.15) is 17.3 Å². The van der Waals surface area contributed by atoms with Crippen molar-refractivity contribution in [1.29, 1.82) is 0 Å². The summed E-state index contributed by atoms with van der Waals surface area (Å²) in [5, 5.41) is 0. The number of hydrogen-bond acceptors (Lipinski definition) is 5. The average Bonchev–Trinajstić information content (AvgIpc) is 3.57. The Morgan fingerprint density at radius 1 is 0.929 bits per heavy atom. The Morgan fingerprint density at radius 2 is 1.62 bits per heavy atom. The average molecular weight is 584 g/mol. The molecule has 0 radical (unpaired) electrons. The van der Waals surface area contributed by atoms with Gasteiger partial charge in [0.05, 0.1) is 5.69 Å². The summed E-state index contributed by atoms with van der Waals surface area (Å²) in [5.41, 5.74) is 2.67. The molecule has 1 aromatic heterocycles. The number of ether oxygens (including phenoxy) is 3. The van der Waals surface area contributed by atoms with Gasteiger partial charge in [0.2, 0.25) is 6.79 Å². The second-order valence-electron chi connectivity index (χ2n) is 10.3. The fourth-order valence-electron chi connectivity index (χ4n) is 5.07. The highest BCUT2D eigenvalue weighted by Crippen LogP contribution is 2.36. The molecular weight excluding hydrogens is 550 g/mol. The third kappa shape index (κ3) is 7.05. The SMILES string of the molecule is CCCCn1c(-c2ccccc2)nc(C(C)(F)F)c1CN(Cc1ccc(OC(F)F)cc1)Cc1ccc2c(c1)OCO2. The van der Waals surface area contributed by atoms with Gasteiger partial charge in [0, 0.05) is 38.7 Å². The number of nitrogens with zero attached hydrogens (tertiary/aromatic N) is 3. The van der Waals surface area contributed by atoms with Crippen LogP contribution in [-0.4, -0.2) is 27.9 Å². The number of unbranched alkanes of at least 4 members (excludes halogenated alkanes) is 1. The maximum absolute atomic E-state index is 15.1. The lowest BCUT2D eigenvalue weighted by Crippen LogP contribution is -2.26. The van der Waals surface area contributed by atoms with Crippen molar-refractivity contribution in [1.82, 2.24) is 14.5 Å². The summed E-state index contributed by atoms with van der Waals surface area (Å²) in [5.74, 6) is -1.34. The largest absolute Gasteiger partial charge is 0.454 e. The molecule has 4 aromatic rings. The molecule has 5 rings (SSSR count). The van der Waals surface area contributed by atoms with Crippen LogP contribution in [0.1, 0.15) is 49.2 Å². The van der Waals surface area contributed by atoms with Crippen molar-refractivity contribution in [2.75, 3.05) is 6.79 Å². The standard InChI is InChI=1S/C32H33F4N3O3/c1-3-4-16-39-26(29(32(2,35)36)37-30(39)24-8-6-5-7-9-24)20-38(18-22-10-13-25(14-11-22)42-31(33)34)19-23-12-15-27-28(17-23)41-21-40-27/h5-15,17,31H,3-4,16,18-21H2,1-2H3. The lowest BCUT2D eigenvalue weighted by Gasteiger charge is -2.25. The lowest BCUT2D eigenvalue weighted by molar-refractivity contribution is -0.0498. The molecule has 42 heavy (non-hydrogen) atoms. The molecule has 222 valence electrons. The molecule has 0 saturated heterocycles. The van der Waals surface area contributed by atoms with Crippen LogP contribution in [0, 0.1) is 0 Å². The van der Waals surface area contributed by atoms with Gasteiger partial charge in [-0.25, -0.2) is 4.98 Å². The third-order valence-electron chi connectivity index (χ3n) is 7.03. The highest BCUT2D eigenvalue weighted by atomic mass is 19.3. The second kappa shape index (κ2) is 12.9. The summed E-state index contributed by atoms with van der Waals surface area (Å²) < 4.78 is 73.1. The van der Waals surface area contributed by atoms with Crippen molar-refractivity contribution < 1.29 is 31.8 Å². The minimum atomic E-state index is -3.17. The van der Waals surface area contributed by atoms with Gasteiger partial charge in [0.25, 0.3) is 5.92 Å². The highest BCUT2D eigenvalue weighted by molar-refractivity contribution is 5.57. The van der Waals surface area contributed by atoms with Gasteiger partial charge < -0.3 is 18.8 Å². The van der Waals surface area contributed by atoms with Crippen molar-refractivity contribution in [2.45, 2.75) is 65.4 Å². The molecule has 2 heterocycles. The van der Waals surface area contributed by atoms with Crippen molar-refractivity contribution in [2.24, 2.45) is 0 Å². The van der Waals surface area contributed by atoms with E-state index in [0.29, 0.717) is 42.7 Å². The van der Waals surface area contributed by atoms with Gasteiger partial charge in [-0.05, 0) is 41.8 Å². The predicted molar refractivity (Wildman–Crippen MR) is 151 cm³/mol. The molecule has 1 aliphatic rings. The monoisotopic (exact) mass is 583 g/mol. The number of alkyl halides is 4. The van der Waals surface area contributed by atoms with Crippen LogP contribution >= 0.6 is 0 Å². The van der Waals surface area contributed by atoms with E-state index in [1.54, 1.807) is 12.1 Å². The lowest BCUT2D eigenvalue weighted by atomic mass is 10.1. The van der Waals surface area contributed by atoms with Crippen molar-refractivity contribution in [3.63, 3.8) is 0 Å². The third-order valence-corrected chi connectivity index (χ3v) is 7.03. The number of fused-ring (bicyclic) bond motifs is 1. The number of halogens is 4. The molecule has 0 fully saturated rings. The van der Waals surface area contributed by atoms with E-state index in [9.17, 15) is 8.78 Å². The molecule has 1 aliphatic heterocycles. The fraction of sp³-hybridized carbons (Fsp3) is 0.344. The topological polar surface area (TPSA) is 48.8 Å². The molecule has 6 nitrogen and oxygen atoms in total. The van der Waals surface area contributed by atoms with E-state index < -0.39 is 12.5 Å². The fourth-order valence-corrected chi connectivity index (χ4v) is 5.07. The first kappa shape index (κ1) is 29.4. The van der Waals surface area contributed by atoms with E-state index in [1.807, 2.05) is 58.0 Å². The van der Waals surface area contributed by atoms with Gasteiger partial charge in [0.15, 0.2) is 11.5 Å². The summed E-state index contributed by atoms with van der Waals surface area (Å²) >= 11 is 0. The molecule has 0 N–H and O–H groups in total. The maximum atomic E-state index is 15.1. The van der Waals surface area contributed by atoms with Crippen LogP contribution < -0.4 is 14.2 Å². The molecule has 0 spiro atoms. The number of rotatable bonds is 13. The molecule has 0 atom stereocenters. The van der Waals surface area contributed by atoms with Crippen LogP contribution in [0.25, 0.3) is 11.4 Å². The van der Waals surface area contributed by atoms with Crippen molar-refractivity contribution in [3.05, 3.63) is 95.3 Å². The van der Waals surface area contributed by atoms with Crippen LogP contribution in [0.4, 0.5) is 17.6 Å². The minimum absolute atomic E-state index is 0.0501. The summed E-state index contributed by atoms with van der Waals surface area (Å²) in [7, 11) is 0. The first-order chi connectivity index (χ1) is 20.2. The van der Waals surface area contributed by atoms with Crippen LogP contribution in [0.15, 0.2) is 72.8 Å². The first-order valence-corrected chi connectivity index (χ1v) is 13.9. The van der Waals surface area contributed by atoms with E-state index in [1.165, 1.54) is 12.1 Å². The molecule has 0 saturated carbocycles. The molecule has 0 amide bonds. The Bertz CT molecular complexity index is 1470. The van der Waals surface area contributed by atoms with Gasteiger partial charge in [-0.2, -0.15) is 17.6 Å². The molecule has 0 aliphatic carbocycles. The van der Waals surface area contributed by atoms with E-state index in [2.05, 4.69) is 16.6 Å². The van der Waals surface area contributed by atoms with Crippen LogP contribution in [0.3, 0.4) is 0 Å². The van der Waals surface area contributed by atoms with Gasteiger partial charge in [-0.3, -0.25) is 4.90 Å². The van der Waals surface area contributed by atoms with Crippen LogP contribution in [0.2, 0.25) is 0 Å². The molecule has 3 aromatic carbocycles. The Balaban J connectivity index is 1.53. The summed E-state index contributed by atoms with van der Waals surface area (Å²) in [4.78, 5) is 6.55. The van der Waals surface area contributed by atoms with E-state index in [-0.39, 0.29) is 24.8 Å². The zero-order chi connectivity index (χ0) is 29.7. The molecular formula is C32H33F4N3O3. The Kier molecular flexibility index (Phi) is 9.01. The predicted octanol–water partition coefficient (Wildman–Crippen LogP) is 7.99. The Hall–Kier alpha value is -4.05. The maximum Gasteiger partial charge on any atom is 0.387 e. The summed E-state index contributed by atoms with van der Waals surface area (Å²) in [6.07, 6.45) is 1.68. The van der Waals surface area contributed by atoms with Crippen LogP contribution in [0.5, 0.6) is 17.2 Å². The molecule has 10 heteroatoms. The quantitative estimate of drug-likeness (QED) is 0.149. The second-order valence-corrected chi connectivity index (χ2v) is 10.3. The van der Waals surface area contributed by atoms with E-state index in [4.69, 9.17) is 9.47 Å². The molecule has 0 bridgehead atoms. The van der Waals surface area contributed by atoms with Crippen LogP contribution in [-0.2, 0) is 32.1 Å². The highest BCUT2D eigenvalue weighted by Gasteiger charge is 2.35. The Labute approximate surface area is 242 Å². The normalized spacial score (nSPS) is 12.9. The zero-order valence-electron chi connectivity index (χ0n) is 23.5. The smallest absolute Gasteiger partial charge is 0.387 e. The van der Waals surface area contributed by atoms with Gasteiger partial charge in [-0.1, -0.05) is 61.9 Å². The number of aromatic nitrogens is 2. The Morgan fingerprint density at radius 3 is 2.31 bits per heavy atom. The molecule has 0 unspecified atom stereocenters. The van der Waals surface area contributed by atoms with E-state index in [0.717, 1.165) is 36.5 Å². The minimum Gasteiger partial charge on any atom is -0.454 e. The van der Waals surface area contributed by atoms with Gasteiger partial charge in [-0.15, -0.1) is 0 Å². The number of hydrogen-bond donors (Lipinski definition) is 0. The zero-order valence-corrected chi connectivity index (χ0v) is 23.5. The van der Waals surface area contributed by atoms with Crippen molar-refractivity contribution >= 4 is 0 Å². The summed E-state index contributed by atoms with van der Waals surface area (Å²) in [6.45, 7) is 1.63. The number of benzene rings is 3. The summed E-state index contributed by atoms with van der Waals surface area (Å²) in [6, 6.07) is 21.3. The first-order valence-electron chi connectivity index (χ1n) is 13.9. The van der Waals surface area contributed by atoms with Crippen molar-refractivity contribution in [3.8, 4) is 28.6 Å².